The van der Waals surface area contributed by atoms with Crippen molar-refractivity contribution < 1.29 is 9.72 Å². The quantitative estimate of drug-likeness (QED) is 0.495. The van der Waals surface area contributed by atoms with Crippen LogP contribution in [0.2, 0.25) is 5.02 Å². The fourth-order valence-electron chi connectivity index (χ4n) is 1.90. The smallest absolute Gasteiger partial charge is 0.270 e. The van der Waals surface area contributed by atoms with Gasteiger partial charge in [0.2, 0.25) is 0 Å². The molecule has 0 aromatic heterocycles. The second kappa shape index (κ2) is 6.02. The molecule has 5 nitrogen and oxygen atoms in total. The van der Waals surface area contributed by atoms with E-state index in [9.17, 15) is 14.9 Å². The zero-order valence-electron chi connectivity index (χ0n) is 10.4. The Hall–Kier alpha value is -1.62. The van der Waals surface area contributed by atoms with Crippen LogP contribution in [0.4, 0.5) is 5.69 Å². The van der Waals surface area contributed by atoms with Gasteiger partial charge in [-0.2, -0.15) is 0 Å². The molecule has 0 spiro atoms. The van der Waals surface area contributed by atoms with Gasteiger partial charge in [0.25, 0.3) is 11.6 Å². The van der Waals surface area contributed by atoms with Crippen molar-refractivity contribution in [1.82, 2.24) is 5.32 Å². The minimum absolute atomic E-state index is 0.105. The van der Waals surface area contributed by atoms with Crippen LogP contribution >= 0.6 is 11.6 Å². The van der Waals surface area contributed by atoms with E-state index in [-0.39, 0.29) is 22.2 Å². The fourth-order valence-corrected chi connectivity index (χ4v) is 2.16. The minimum Gasteiger partial charge on any atom is -0.352 e. The van der Waals surface area contributed by atoms with Gasteiger partial charge in [0, 0.05) is 18.7 Å². The zero-order chi connectivity index (χ0) is 13.8. The highest BCUT2D eigenvalue weighted by atomic mass is 35.5. The third-order valence-electron chi connectivity index (χ3n) is 3.18. The van der Waals surface area contributed by atoms with E-state index in [4.69, 9.17) is 11.6 Å². The van der Waals surface area contributed by atoms with Gasteiger partial charge < -0.3 is 5.32 Å². The molecule has 102 valence electrons. The van der Waals surface area contributed by atoms with E-state index < -0.39 is 4.92 Å². The van der Waals surface area contributed by atoms with Crippen molar-refractivity contribution in [3.05, 3.63) is 38.9 Å². The Morgan fingerprint density at radius 3 is 2.79 bits per heavy atom. The second-order valence-electron chi connectivity index (χ2n) is 4.76. The summed E-state index contributed by atoms with van der Waals surface area (Å²) < 4.78 is 0. The monoisotopic (exact) mass is 282 g/mol. The minimum atomic E-state index is -0.538. The van der Waals surface area contributed by atoms with Gasteiger partial charge in [-0.1, -0.05) is 24.4 Å². The maximum atomic E-state index is 11.8. The van der Waals surface area contributed by atoms with Crippen molar-refractivity contribution in [2.24, 2.45) is 5.92 Å². The third kappa shape index (κ3) is 3.92. The molecule has 0 bridgehead atoms. The molecule has 0 unspecified atom stereocenters. The van der Waals surface area contributed by atoms with Crippen molar-refractivity contribution in [3.8, 4) is 0 Å². The van der Waals surface area contributed by atoms with Crippen LogP contribution < -0.4 is 5.32 Å². The Balaban J connectivity index is 1.88. The third-order valence-corrected chi connectivity index (χ3v) is 3.49. The Bertz CT molecular complexity index is 501. The first kappa shape index (κ1) is 13.8. The molecule has 0 radical (unpaired) electrons. The molecule has 0 saturated heterocycles. The van der Waals surface area contributed by atoms with Crippen molar-refractivity contribution in [2.45, 2.75) is 25.7 Å². The van der Waals surface area contributed by atoms with Crippen LogP contribution in [0.5, 0.6) is 0 Å². The lowest BCUT2D eigenvalue weighted by Crippen LogP contribution is -2.24. The number of halogens is 1. The summed E-state index contributed by atoms with van der Waals surface area (Å²) in [7, 11) is 0. The largest absolute Gasteiger partial charge is 0.352 e. The number of hydrogen-bond donors (Lipinski definition) is 1. The van der Waals surface area contributed by atoms with Crippen LogP contribution in [0.3, 0.4) is 0 Å². The summed E-state index contributed by atoms with van der Waals surface area (Å²) in [4.78, 5) is 21.9. The van der Waals surface area contributed by atoms with Crippen LogP contribution in [0.15, 0.2) is 18.2 Å². The number of non-ortho nitro benzene ring substituents is 1. The molecule has 1 aromatic carbocycles. The Morgan fingerprint density at radius 1 is 1.47 bits per heavy atom. The van der Waals surface area contributed by atoms with Gasteiger partial charge in [0.15, 0.2) is 0 Å². The molecular weight excluding hydrogens is 268 g/mol. The maximum Gasteiger partial charge on any atom is 0.270 e. The molecule has 1 saturated carbocycles. The number of nitrogens with one attached hydrogen (secondary N) is 1. The van der Waals surface area contributed by atoms with Crippen LogP contribution in [0.1, 0.15) is 36.0 Å². The lowest BCUT2D eigenvalue weighted by atomic mass is 10.2. The molecule has 2 rings (SSSR count). The number of hydrogen-bond acceptors (Lipinski definition) is 3. The highest BCUT2D eigenvalue weighted by Crippen LogP contribution is 2.33. The number of carbonyl (C=O) groups excluding carboxylic acids is 1. The molecule has 1 aliphatic rings. The molecule has 1 N–H and O–H groups in total. The average molecular weight is 283 g/mol. The molecule has 0 aliphatic heterocycles. The molecule has 1 amide bonds. The molecule has 1 aromatic rings. The van der Waals surface area contributed by atoms with Crippen molar-refractivity contribution in [1.29, 1.82) is 0 Å². The van der Waals surface area contributed by atoms with E-state index in [0.29, 0.717) is 6.54 Å². The number of nitro groups is 1. The standard InChI is InChI=1S/C13H15ClN2O3/c14-12-8-10(16(18)19)5-6-11(12)13(17)15-7-1-2-9-3-4-9/h5-6,8-9H,1-4,7H2,(H,15,17). The molecule has 0 heterocycles. The predicted octanol–water partition coefficient (Wildman–Crippen LogP) is 3.17. The van der Waals surface area contributed by atoms with Gasteiger partial charge in [-0.3, -0.25) is 14.9 Å². The van der Waals surface area contributed by atoms with Gasteiger partial charge in [-0.15, -0.1) is 0 Å². The van der Waals surface area contributed by atoms with Crippen molar-refractivity contribution in [2.75, 3.05) is 6.54 Å². The first-order valence-electron chi connectivity index (χ1n) is 6.30. The summed E-state index contributed by atoms with van der Waals surface area (Å²) in [6.07, 6.45) is 4.72. The maximum absolute atomic E-state index is 11.8. The lowest BCUT2D eigenvalue weighted by molar-refractivity contribution is -0.384. The van der Waals surface area contributed by atoms with Crippen molar-refractivity contribution >= 4 is 23.2 Å². The van der Waals surface area contributed by atoms with Gasteiger partial charge in [0.1, 0.15) is 0 Å². The molecule has 1 fully saturated rings. The topological polar surface area (TPSA) is 72.2 Å². The lowest BCUT2D eigenvalue weighted by Gasteiger charge is -2.06. The Labute approximate surface area is 116 Å². The van der Waals surface area contributed by atoms with Crippen LogP contribution in [-0.4, -0.2) is 17.4 Å². The van der Waals surface area contributed by atoms with Crippen LogP contribution in [0, 0.1) is 16.0 Å². The number of amides is 1. The summed E-state index contributed by atoms with van der Waals surface area (Å²) in [5, 5.41) is 13.4. The molecule has 19 heavy (non-hydrogen) atoms. The van der Waals surface area contributed by atoms with Gasteiger partial charge in [-0.25, -0.2) is 0 Å². The van der Waals surface area contributed by atoms with E-state index in [0.717, 1.165) is 18.8 Å². The predicted molar refractivity (Wildman–Crippen MR) is 72.4 cm³/mol. The highest BCUT2D eigenvalue weighted by Gasteiger charge is 2.20. The van der Waals surface area contributed by atoms with E-state index in [2.05, 4.69) is 5.32 Å². The van der Waals surface area contributed by atoms with Gasteiger partial charge >= 0.3 is 0 Å². The second-order valence-corrected chi connectivity index (χ2v) is 5.17. The molecule has 6 heteroatoms. The van der Waals surface area contributed by atoms with E-state index in [1.165, 1.54) is 31.0 Å². The average Bonchev–Trinajstić information content (AvgIpc) is 3.18. The number of nitro benzene ring substituents is 1. The molecular formula is C13H15ClN2O3. The van der Waals surface area contributed by atoms with Crippen LogP contribution in [-0.2, 0) is 0 Å². The number of carbonyl (C=O) groups is 1. The first-order valence-corrected chi connectivity index (χ1v) is 6.68. The van der Waals surface area contributed by atoms with E-state index in [1.807, 2.05) is 0 Å². The van der Waals surface area contributed by atoms with Gasteiger partial charge in [0.05, 0.1) is 15.5 Å². The summed E-state index contributed by atoms with van der Waals surface area (Å²) in [6, 6.07) is 3.86. The number of rotatable bonds is 6. The zero-order valence-corrected chi connectivity index (χ0v) is 11.2. The summed E-state index contributed by atoms with van der Waals surface area (Å²) in [6.45, 7) is 0.614. The molecule has 1 aliphatic carbocycles. The van der Waals surface area contributed by atoms with E-state index >= 15 is 0 Å². The first-order chi connectivity index (χ1) is 9.08. The number of benzene rings is 1. The normalized spacial score (nSPS) is 14.2. The molecule has 0 atom stereocenters. The summed E-state index contributed by atoms with van der Waals surface area (Å²) in [5.41, 5.74) is 0.161. The Morgan fingerprint density at radius 2 is 2.21 bits per heavy atom. The van der Waals surface area contributed by atoms with Crippen LogP contribution in [0.25, 0.3) is 0 Å². The summed E-state index contributed by atoms with van der Waals surface area (Å²) in [5.74, 6) is 0.565. The number of nitrogens with zero attached hydrogens (tertiary/aromatic N) is 1. The SMILES string of the molecule is O=C(NCCCC1CC1)c1ccc([N+](=O)[O-])cc1Cl. The van der Waals surface area contributed by atoms with Gasteiger partial charge in [-0.05, 0) is 24.8 Å². The van der Waals surface area contributed by atoms with E-state index in [1.54, 1.807) is 0 Å². The fraction of sp³-hybridized carbons (Fsp3) is 0.462. The van der Waals surface area contributed by atoms with Crippen molar-refractivity contribution in [3.63, 3.8) is 0 Å². The summed E-state index contributed by atoms with van der Waals surface area (Å²) >= 11 is 5.88. The highest BCUT2D eigenvalue weighted by molar-refractivity contribution is 6.34. The Kier molecular flexibility index (Phi) is 4.37.